The van der Waals surface area contributed by atoms with Crippen LogP contribution >= 0.6 is 0 Å². The molecule has 0 bridgehead atoms. The number of hydrogen-bond acceptors (Lipinski definition) is 3. The molecule has 0 spiro atoms. The molecule has 116 valence electrons. The number of methoxy groups -OCH3 is 1. The lowest BCUT2D eigenvalue weighted by Gasteiger charge is -2.29. The van der Waals surface area contributed by atoms with Gasteiger partial charge in [0.25, 0.3) is 5.91 Å². The van der Waals surface area contributed by atoms with Crippen molar-refractivity contribution in [3.8, 4) is 5.75 Å². The van der Waals surface area contributed by atoms with E-state index in [1.807, 2.05) is 13.8 Å². The van der Waals surface area contributed by atoms with Gasteiger partial charge in [-0.05, 0) is 37.5 Å². The first kappa shape index (κ1) is 16.9. The average Bonchev–Trinajstić information content (AvgIpc) is 2.37. The second-order valence-electron chi connectivity index (χ2n) is 5.60. The summed E-state index contributed by atoms with van der Waals surface area (Å²) < 4.78 is 18.2. The highest BCUT2D eigenvalue weighted by atomic mass is 19.1. The number of carbonyl (C=O) groups is 2. The van der Waals surface area contributed by atoms with Gasteiger partial charge in [-0.2, -0.15) is 0 Å². The van der Waals surface area contributed by atoms with Gasteiger partial charge in [-0.1, -0.05) is 13.8 Å². The summed E-state index contributed by atoms with van der Waals surface area (Å²) in [6.07, 6.45) is 0.409. The van der Waals surface area contributed by atoms with Crippen LogP contribution in [0, 0.1) is 11.7 Å². The van der Waals surface area contributed by atoms with Gasteiger partial charge in [0.2, 0.25) is 5.91 Å². The van der Waals surface area contributed by atoms with E-state index < -0.39 is 23.2 Å². The molecule has 1 aromatic rings. The van der Waals surface area contributed by atoms with Crippen LogP contribution in [-0.4, -0.2) is 24.5 Å². The number of nitrogens with two attached hydrogens (primary N) is 1. The van der Waals surface area contributed by atoms with Gasteiger partial charge in [0, 0.05) is 5.56 Å². The summed E-state index contributed by atoms with van der Waals surface area (Å²) in [5, 5.41) is 2.62. The van der Waals surface area contributed by atoms with E-state index >= 15 is 0 Å². The monoisotopic (exact) mass is 296 g/mol. The Morgan fingerprint density at radius 2 is 2.05 bits per heavy atom. The van der Waals surface area contributed by atoms with Gasteiger partial charge in [0.05, 0.1) is 7.11 Å². The number of ether oxygens (including phenoxy) is 1. The summed E-state index contributed by atoms with van der Waals surface area (Å²) in [6, 6.07) is 3.74. The largest absolute Gasteiger partial charge is 0.494 e. The van der Waals surface area contributed by atoms with Crippen molar-refractivity contribution in [1.82, 2.24) is 5.32 Å². The lowest BCUT2D eigenvalue weighted by atomic mass is 9.89. The third-order valence-corrected chi connectivity index (χ3v) is 3.16. The second kappa shape index (κ2) is 6.56. The zero-order valence-electron chi connectivity index (χ0n) is 12.7. The number of benzene rings is 1. The van der Waals surface area contributed by atoms with Crippen molar-refractivity contribution < 1.29 is 18.7 Å². The normalized spacial score (nSPS) is 13.6. The fourth-order valence-electron chi connectivity index (χ4n) is 2.15. The van der Waals surface area contributed by atoms with Crippen molar-refractivity contribution in [1.29, 1.82) is 0 Å². The highest BCUT2D eigenvalue weighted by Gasteiger charge is 2.34. The zero-order valence-corrected chi connectivity index (χ0v) is 12.7. The first-order valence-corrected chi connectivity index (χ1v) is 6.65. The Balaban J connectivity index is 3.00. The third-order valence-electron chi connectivity index (χ3n) is 3.16. The van der Waals surface area contributed by atoms with Crippen LogP contribution in [0.2, 0.25) is 0 Å². The van der Waals surface area contributed by atoms with Crippen LogP contribution in [0.5, 0.6) is 5.75 Å². The van der Waals surface area contributed by atoms with E-state index in [-0.39, 0.29) is 17.2 Å². The second-order valence-corrected chi connectivity index (χ2v) is 5.60. The highest BCUT2D eigenvalue weighted by Crippen LogP contribution is 2.20. The molecule has 5 nitrogen and oxygen atoms in total. The molecule has 0 radical (unpaired) electrons. The summed E-state index contributed by atoms with van der Waals surface area (Å²) in [5.41, 5.74) is 4.43. The summed E-state index contributed by atoms with van der Waals surface area (Å²) in [4.78, 5) is 23.9. The number of nitrogens with one attached hydrogen (secondary N) is 1. The Bertz CT molecular complexity index is 546. The Labute approximate surface area is 123 Å². The number of primary amides is 1. The van der Waals surface area contributed by atoms with E-state index in [1.54, 1.807) is 6.92 Å². The van der Waals surface area contributed by atoms with Gasteiger partial charge in [0.15, 0.2) is 11.6 Å². The first-order chi connectivity index (χ1) is 9.69. The van der Waals surface area contributed by atoms with Gasteiger partial charge < -0.3 is 15.8 Å². The summed E-state index contributed by atoms with van der Waals surface area (Å²) in [5.74, 6) is -1.54. The summed E-state index contributed by atoms with van der Waals surface area (Å²) in [6.45, 7) is 5.43. The highest BCUT2D eigenvalue weighted by molar-refractivity contribution is 5.99. The van der Waals surface area contributed by atoms with Crippen molar-refractivity contribution in [3.63, 3.8) is 0 Å². The molecule has 0 fully saturated rings. The van der Waals surface area contributed by atoms with Gasteiger partial charge in [-0.3, -0.25) is 9.59 Å². The van der Waals surface area contributed by atoms with Crippen molar-refractivity contribution >= 4 is 11.8 Å². The lowest BCUT2D eigenvalue weighted by Crippen LogP contribution is -2.56. The molecule has 2 amide bonds. The van der Waals surface area contributed by atoms with Crippen LogP contribution in [0.3, 0.4) is 0 Å². The molecule has 0 saturated heterocycles. The molecule has 0 saturated carbocycles. The molecular formula is C15H21FN2O3. The molecule has 0 aromatic heterocycles. The number of amides is 2. The number of carbonyl (C=O) groups excluding carboxylic acids is 2. The predicted molar refractivity (Wildman–Crippen MR) is 77.5 cm³/mol. The Morgan fingerprint density at radius 1 is 1.43 bits per heavy atom. The molecule has 3 N–H and O–H groups in total. The molecule has 0 aliphatic carbocycles. The molecule has 21 heavy (non-hydrogen) atoms. The first-order valence-electron chi connectivity index (χ1n) is 6.65. The summed E-state index contributed by atoms with van der Waals surface area (Å²) >= 11 is 0. The fourth-order valence-corrected chi connectivity index (χ4v) is 2.15. The number of halogens is 1. The zero-order chi connectivity index (χ0) is 16.2. The number of rotatable bonds is 6. The van der Waals surface area contributed by atoms with Gasteiger partial charge in [-0.15, -0.1) is 0 Å². The molecule has 0 aliphatic rings. The summed E-state index contributed by atoms with van der Waals surface area (Å²) in [7, 11) is 1.31. The van der Waals surface area contributed by atoms with Crippen LogP contribution < -0.4 is 15.8 Å². The molecule has 0 unspecified atom stereocenters. The smallest absolute Gasteiger partial charge is 0.252 e. The molecule has 1 rings (SSSR count). The van der Waals surface area contributed by atoms with E-state index in [1.165, 1.54) is 19.2 Å². The quantitative estimate of drug-likeness (QED) is 0.840. The van der Waals surface area contributed by atoms with Crippen LogP contribution in [0.4, 0.5) is 4.39 Å². The molecule has 0 heterocycles. The lowest BCUT2D eigenvalue weighted by molar-refractivity contribution is -0.124. The predicted octanol–water partition coefficient (Wildman–Crippen LogP) is 1.85. The molecular weight excluding hydrogens is 275 g/mol. The maximum atomic E-state index is 13.3. The van der Waals surface area contributed by atoms with Crippen LogP contribution in [-0.2, 0) is 4.79 Å². The van der Waals surface area contributed by atoms with Crippen LogP contribution in [0.25, 0.3) is 0 Å². The minimum Gasteiger partial charge on any atom is -0.494 e. The minimum absolute atomic E-state index is 0.0349. The topological polar surface area (TPSA) is 81.4 Å². The van der Waals surface area contributed by atoms with E-state index in [9.17, 15) is 14.0 Å². The van der Waals surface area contributed by atoms with Gasteiger partial charge in [-0.25, -0.2) is 4.39 Å². The van der Waals surface area contributed by atoms with Gasteiger partial charge >= 0.3 is 0 Å². The maximum absolute atomic E-state index is 13.3. The van der Waals surface area contributed by atoms with E-state index in [0.717, 1.165) is 6.07 Å². The number of hydrogen-bond donors (Lipinski definition) is 2. The Kier molecular flexibility index (Phi) is 5.29. The van der Waals surface area contributed by atoms with Crippen molar-refractivity contribution in [2.75, 3.05) is 7.11 Å². The van der Waals surface area contributed by atoms with E-state index in [2.05, 4.69) is 5.32 Å². The van der Waals surface area contributed by atoms with Crippen LogP contribution in [0.1, 0.15) is 37.6 Å². The van der Waals surface area contributed by atoms with Crippen LogP contribution in [0.15, 0.2) is 18.2 Å². The third kappa shape index (κ3) is 4.18. The van der Waals surface area contributed by atoms with E-state index in [0.29, 0.717) is 6.42 Å². The maximum Gasteiger partial charge on any atom is 0.252 e. The SMILES string of the molecule is COc1cc(C(=O)N[C@@](C)(CC(C)C)C(N)=O)ccc1F. The molecule has 1 atom stereocenters. The van der Waals surface area contributed by atoms with Gasteiger partial charge in [0.1, 0.15) is 5.54 Å². The molecule has 1 aromatic carbocycles. The average molecular weight is 296 g/mol. The van der Waals surface area contributed by atoms with Crippen molar-refractivity contribution in [2.24, 2.45) is 11.7 Å². The van der Waals surface area contributed by atoms with E-state index in [4.69, 9.17) is 10.5 Å². The molecule has 0 aliphatic heterocycles. The fraction of sp³-hybridized carbons (Fsp3) is 0.467. The Hall–Kier alpha value is -2.11. The Morgan fingerprint density at radius 3 is 2.52 bits per heavy atom. The van der Waals surface area contributed by atoms with Crippen molar-refractivity contribution in [3.05, 3.63) is 29.6 Å². The molecule has 6 heteroatoms. The standard InChI is InChI=1S/C15H21FN2O3/c1-9(2)8-15(3,14(17)20)18-13(19)10-5-6-11(16)12(7-10)21-4/h5-7,9H,8H2,1-4H3,(H2,17,20)(H,18,19)/t15-/m0/s1. The minimum atomic E-state index is -1.16. The van der Waals surface area contributed by atoms with Crippen molar-refractivity contribution in [2.45, 2.75) is 32.7 Å².